The van der Waals surface area contributed by atoms with Crippen LogP contribution >= 0.6 is 15.9 Å². The smallest absolute Gasteiger partial charge is 0.159 e. The van der Waals surface area contributed by atoms with Gasteiger partial charge in [-0.3, -0.25) is 0 Å². The lowest BCUT2D eigenvalue weighted by Crippen LogP contribution is -2.32. The van der Waals surface area contributed by atoms with Crippen molar-refractivity contribution < 1.29 is 8.78 Å². The lowest BCUT2D eigenvalue weighted by molar-refractivity contribution is 0.440. The molecule has 1 fully saturated rings. The fourth-order valence-electron chi connectivity index (χ4n) is 2.56. The molecule has 0 radical (unpaired) electrons. The first-order chi connectivity index (χ1) is 7.59. The van der Waals surface area contributed by atoms with Crippen LogP contribution in [0.25, 0.3) is 0 Å². The van der Waals surface area contributed by atoms with Gasteiger partial charge >= 0.3 is 0 Å². The summed E-state index contributed by atoms with van der Waals surface area (Å²) >= 11 is 3.31. The molecule has 1 aliphatic rings. The Hall–Kier alpha value is -0.480. The van der Waals surface area contributed by atoms with E-state index in [9.17, 15) is 8.78 Å². The predicted octanol–water partition coefficient (Wildman–Crippen LogP) is 3.50. The first kappa shape index (κ1) is 12.0. The molecule has 0 bridgehead atoms. The van der Waals surface area contributed by atoms with Gasteiger partial charge < -0.3 is 5.73 Å². The van der Waals surface area contributed by atoms with Gasteiger partial charge in [0.05, 0.1) is 0 Å². The van der Waals surface area contributed by atoms with Crippen molar-refractivity contribution in [3.8, 4) is 0 Å². The average molecular weight is 290 g/mol. The van der Waals surface area contributed by atoms with E-state index in [-0.39, 0.29) is 5.41 Å². The Morgan fingerprint density at radius 1 is 1.19 bits per heavy atom. The third kappa shape index (κ3) is 1.89. The van der Waals surface area contributed by atoms with Gasteiger partial charge in [0, 0.05) is 16.4 Å². The first-order valence-corrected chi connectivity index (χ1v) is 6.23. The first-order valence-electron chi connectivity index (χ1n) is 5.44. The molecule has 2 rings (SSSR count). The van der Waals surface area contributed by atoms with E-state index >= 15 is 0 Å². The third-order valence-corrected chi connectivity index (χ3v) is 4.19. The molecule has 0 aliphatic heterocycles. The molecule has 1 aromatic carbocycles. The van der Waals surface area contributed by atoms with Crippen molar-refractivity contribution in [3.63, 3.8) is 0 Å². The number of hydrogen-bond donors (Lipinski definition) is 1. The van der Waals surface area contributed by atoms with E-state index in [0.29, 0.717) is 11.0 Å². The second-order valence-electron chi connectivity index (χ2n) is 4.44. The summed E-state index contributed by atoms with van der Waals surface area (Å²) in [6, 6.07) is 2.48. The van der Waals surface area contributed by atoms with E-state index in [1.807, 2.05) is 0 Å². The monoisotopic (exact) mass is 289 g/mol. The van der Waals surface area contributed by atoms with Crippen LogP contribution in [0.5, 0.6) is 0 Å². The zero-order chi connectivity index (χ0) is 11.8. The Labute approximate surface area is 102 Å². The number of nitrogens with two attached hydrogens (primary N) is 1. The van der Waals surface area contributed by atoms with Gasteiger partial charge in [-0.25, -0.2) is 8.78 Å². The molecule has 0 amide bonds. The molecule has 16 heavy (non-hydrogen) atoms. The zero-order valence-corrected chi connectivity index (χ0v) is 10.5. The Morgan fingerprint density at radius 2 is 1.75 bits per heavy atom. The van der Waals surface area contributed by atoms with E-state index < -0.39 is 11.6 Å². The normalized spacial score (nSPS) is 19.0. The molecular weight excluding hydrogens is 276 g/mol. The van der Waals surface area contributed by atoms with Crippen LogP contribution in [0.3, 0.4) is 0 Å². The molecule has 2 N–H and O–H groups in total. The average Bonchev–Trinajstić information content (AvgIpc) is 2.73. The summed E-state index contributed by atoms with van der Waals surface area (Å²) in [4.78, 5) is 0. The summed E-state index contributed by atoms with van der Waals surface area (Å²) in [5.41, 5.74) is 6.46. The highest BCUT2D eigenvalue weighted by Crippen LogP contribution is 2.43. The van der Waals surface area contributed by atoms with Crippen molar-refractivity contribution in [1.29, 1.82) is 0 Å². The van der Waals surface area contributed by atoms with Crippen molar-refractivity contribution in [2.75, 3.05) is 6.54 Å². The quantitative estimate of drug-likeness (QED) is 0.829. The highest BCUT2D eigenvalue weighted by atomic mass is 79.9. The summed E-state index contributed by atoms with van der Waals surface area (Å²) < 4.78 is 26.9. The van der Waals surface area contributed by atoms with Crippen molar-refractivity contribution in [3.05, 3.63) is 33.8 Å². The van der Waals surface area contributed by atoms with Crippen LogP contribution in [0.1, 0.15) is 31.2 Å². The van der Waals surface area contributed by atoms with Gasteiger partial charge in [-0.15, -0.1) is 0 Å². The number of rotatable bonds is 2. The minimum atomic E-state index is -0.819. The molecule has 0 saturated heterocycles. The van der Waals surface area contributed by atoms with Gasteiger partial charge in [-0.1, -0.05) is 28.8 Å². The van der Waals surface area contributed by atoms with Crippen LogP contribution in [-0.4, -0.2) is 6.54 Å². The van der Waals surface area contributed by atoms with E-state index in [1.165, 1.54) is 12.1 Å². The topological polar surface area (TPSA) is 26.0 Å². The molecule has 0 heterocycles. The van der Waals surface area contributed by atoms with Gasteiger partial charge in [0.2, 0.25) is 0 Å². The summed E-state index contributed by atoms with van der Waals surface area (Å²) in [7, 11) is 0. The van der Waals surface area contributed by atoms with E-state index in [0.717, 1.165) is 31.2 Å². The highest BCUT2D eigenvalue weighted by Gasteiger charge is 2.36. The summed E-state index contributed by atoms with van der Waals surface area (Å²) in [5, 5.41) is 0. The van der Waals surface area contributed by atoms with Crippen molar-refractivity contribution >= 4 is 15.9 Å². The van der Waals surface area contributed by atoms with Crippen LogP contribution in [0.4, 0.5) is 8.78 Å². The van der Waals surface area contributed by atoms with Crippen LogP contribution in [-0.2, 0) is 5.41 Å². The van der Waals surface area contributed by atoms with Crippen molar-refractivity contribution in [2.24, 2.45) is 5.73 Å². The van der Waals surface area contributed by atoms with Crippen LogP contribution < -0.4 is 5.73 Å². The second kappa shape index (κ2) is 4.41. The van der Waals surface area contributed by atoms with Crippen LogP contribution in [0, 0.1) is 11.6 Å². The van der Waals surface area contributed by atoms with Crippen molar-refractivity contribution in [1.82, 2.24) is 0 Å². The highest BCUT2D eigenvalue weighted by molar-refractivity contribution is 9.10. The van der Waals surface area contributed by atoms with Gasteiger partial charge in [0.1, 0.15) is 0 Å². The van der Waals surface area contributed by atoms with E-state index in [4.69, 9.17) is 5.73 Å². The van der Waals surface area contributed by atoms with Crippen molar-refractivity contribution in [2.45, 2.75) is 31.1 Å². The molecule has 0 unspecified atom stereocenters. The summed E-state index contributed by atoms with van der Waals surface area (Å²) in [6.45, 7) is 0.483. The maximum Gasteiger partial charge on any atom is 0.159 e. The molecule has 1 aliphatic carbocycles. The predicted molar refractivity (Wildman–Crippen MR) is 63.3 cm³/mol. The Kier molecular flexibility index (Phi) is 3.31. The fourth-order valence-corrected chi connectivity index (χ4v) is 3.30. The van der Waals surface area contributed by atoms with Gasteiger partial charge in [-0.05, 0) is 30.5 Å². The second-order valence-corrected chi connectivity index (χ2v) is 5.29. The maximum absolute atomic E-state index is 13.3. The Bertz CT molecular complexity index is 400. The lowest BCUT2D eigenvalue weighted by Gasteiger charge is -2.29. The molecular formula is C12H14BrF2N. The summed E-state index contributed by atoms with van der Waals surface area (Å²) in [5.74, 6) is -1.61. The molecule has 88 valence electrons. The molecule has 1 nitrogen and oxygen atoms in total. The van der Waals surface area contributed by atoms with Crippen LogP contribution in [0.15, 0.2) is 16.6 Å². The Morgan fingerprint density at radius 3 is 2.31 bits per heavy atom. The zero-order valence-electron chi connectivity index (χ0n) is 8.90. The number of halogens is 3. The largest absolute Gasteiger partial charge is 0.330 e. The van der Waals surface area contributed by atoms with Crippen LogP contribution in [0.2, 0.25) is 0 Å². The van der Waals surface area contributed by atoms with Gasteiger partial charge in [-0.2, -0.15) is 0 Å². The molecule has 0 aromatic heterocycles. The minimum Gasteiger partial charge on any atom is -0.330 e. The third-order valence-electron chi connectivity index (χ3n) is 3.53. The molecule has 0 atom stereocenters. The lowest BCUT2D eigenvalue weighted by atomic mass is 9.79. The molecule has 1 aromatic rings. The number of hydrogen-bond acceptors (Lipinski definition) is 1. The number of benzene rings is 1. The molecule has 4 heteroatoms. The molecule has 1 saturated carbocycles. The van der Waals surface area contributed by atoms with E-state index in [1.54, 1.807) is 0 Å². The maximum atomic E-state index is 13.3. The van der Waals surface area contributed by atoms with E-state index in [2.05, 4.69) is 15.9 Å². The van der Waals surface area contributed by atoms with Gasteiger partial charge in [0.15, 0.2) is 11.6 Å². The standard InChI is InChI=1S/C12H14BrF2N/c13-9-6-11(15)10(14)5-8(9)12(7-16)3-1-2-4-12/h5-6H,1-4,7,16H2. The molecule has 0 spiro atoms. The summed E-state index contributed by atoms with van der Waals surface area (Å²) in [6.07, 6.45) is 4.10. The SMILES string of the molecule is NCC1(c2cc(F)c(F)cc2Br)CCCC1. The minimum absolute atomic E-state index is 0.173. The fraction of sp³-hybridized carbons (Fsp3) is 0.500. The Balaban J connectivity index is 2.50. The van der Waals surface area contributed by atoms with Gasteiger partial charge in [0.25, 0.3) is 0 Å².